The third kappa shape index (κ3) is 2.96. The molecule has 1 fully saturated rings. The third-order valence-corrected chi connectivity index (χ3v) is 3.45. The second kappa shape index (κ2) is 4.97. The van der Waals surface area contributed by atoms with E-state index >= 15 is 0 Å². The summed E-state index contributed by atoms with van der Waals surface area (Å²) in [5, 5.41) is 13.2. The summed E-state index contributed by atoms with van der Waals surface area (Å²) in [6.45, 7) is 6.70. The van der Waals surface area contributed by atoms with Gasteiger partial charge in [0.05, 0.1) is 6.10 Å². The van der Waals surface area contributed by atoms with E-state index in [1.165, 1.54) is 12.8 Å². The minimum Gasteiger partial charge on any atom is -0.392 e. The summed E-state index contributed by atoms with van der Waals surface area (Å²) in [7, 11) is 0. The summed E-state index contributed by atoms with van der Waals surface area (Å²) in [4.78, 5) is 0. The standard InChI is InChI=1S/C11H23NO/c1-4-8(2)9(3)12-10-6-5-7-11(10)13/h8-13H,4-7H2,1-3H3/t8?,9?,10-,11-/m1/s1. The van der Waals surface area contributed by atoms with Crippen LogP contribution in [0.2, 0.25) is 0 Å². The van der Waals surface area contributed by atoms with Crippen LogP contribution in [-0.4, -0.2) is 23.3 Å². The number of aliphatic hydroxyl groups excluding tert-OH is 1. The first-order chi connectivity index (χ1) is 6.15. The molecule has 13 heavy (non-hydrogen) atoms. The zero-order chi connectivity index (χ0) is 9.84. The van der Waals surface area contributed by atoms with E-state index in [2.05, 4.69) is 26.1 Å². The van der Waals surface area contributed by atoms with Crippen molar-refractivity contribution < 1.29 is 5.11 Å². The lowest BCUT2D eigenvalue weighted by Crippen LogP contribution is -2.43. The summed E-state index contributed by atoms with van der Waals surface area (Å²) >= 11 is 0. The Balaban J connectivity index is 2.30. The number of nitrogens with one attached hydrogen (secondary N) is 1. The molecule has 0 aromatic rings. The normalized spacial score (nSPS) is 33.2. The zero-order valence-electron chi connectivity index (χ0n) is 9.09. The maximum absolute atomic E-state index is 9.63. The summed E-state index contributed by atoms with van der Waals surface area (Å²) in [6, 6.07) is 0.881. The van der Waals surface area contributed by atoms with E-state index in [0.29, 0.717) is 18.0 Å². The first-order valence-corrected chi connectivity index (χ1v) is 5.59. The van der Waals surface area contributed by atoms with Crippen LogP contribution in [0.5, 0.6) is 0 Å². The maximum Gasteiger partial charge on any atom is 0.0693 e. The van der Waals surface area contributed by atoms with Gasteiger partial charge in [-0.05, 0) is 32.1 Å². The summed E-state index contributed by atoms with van der Waals surface area (Å²) in [5.41, 5.74) is 0. The predicted molar refractivity (Wildman–Crippen MR) is 55.7 cm³/mol. The van der Waals surface area contributed by atoms with Crippen molar-refractivity contribution in [2.24, 2.45) is 5.92 Å². The van der Waals surface area contributed by atoms with Crippen LogP contribution in [0, 0.1) is 5.92 Å². The Hall–Kier alpha value is -0.0800. The van der Waals surface area contributed by atoms with Crippen LogP contribution in [0.15, 0.2) is 0 Å². The highest BCUT2D eigenvalue weighted by Crippen LogP contribution is 2.20. The van der Waals surface area contributed by atoms with Crippen molar-refractivity contribution in [1.29, 1.82) is 0 Å². The quantitative estimate of drug-likeness (QED) is 0.701. The van der Waals surface area contributed by atoms with Gasteiger partial charge >= 0.3 is 0 Å². The topological polar surface area (TPSA) is 32.3 Å². The van der Waals surface area contributed by atoms with Gasteiger partial charge in [0.2, 0.25) is 0 Å². The Morgan fingerprint density at radius 1 is 1.38 bits per heavy atom. The highest BCUT2D eigenvalue weighted by Gasteiger charge is 2.26. The number of hydrogen-bond acceptors (Lipinski definition) is 2. The van der Waals surface area contributed by atoms with Crippen LogP contribution in [0.1, 0.15) is 46.5 Å². The first kappa shape index (κ1) is 11.0. The predicted octanol–water partition coefficient (Wildman–Crippen LogP) is 1.92. The van der Waals surface area contributed by atoms with Gasteiger partial charge in [-0.1, -0.05) is 20.3 Å². The fraction of sp³-hybridized carbons (Fsp3) is 1.00. The Labute approximate surface area is 81.7 Å². The molecule has 2 nitrogen and oxygen atoms in total. The van der Waals surface area contributed by atoms with Crippen LogP contribution >= 0.6 is 0 Å². The minimum absolute atomic E-state index is 0.105. The molecule has 0 radical (unpaired) electrons. The van der Waals surface area contributed by atoms with Gasteiger partial charge in [-0.25, -0.2) is 0 Å². The molecule has 0 aliphatic heterocycles. The molecule has 0 amide bonds. The number of hydrogen-bond donors (Lipinski definition) is 2. The molecular weight excluding hydrogens is 162 g/mol. The molecule has 0 spiro atoms. The highest BCUT2D eigenvalue weighted by molar-refractivity contribution is 4.85. The molecule has 1 aliphatic rings. The number of rotatable bonds is 4. The van der Waals surface area contributed by atoms with Gasteiger partial charge in [-0.2, -0.15) is 0 Å². The Morgan fingerprint density at radius 3 is 2.54 bits per heavy atom. The van der Waals surface area contributed by atoms with E-state index in [-0.39, 0.29) is 6.10 Å². The molecule has 1 aliphatic carbocycles. The summed E-state index contributed by atoms with van der Waals surface area (Å²) < 4.78 is 0. The molecule has 0 bridgehead atoms. The Kier molecular flexibility index (Phi) is 4.20. The van der Waals surface area contributed by atoms with Crippen molar-refractivity contribution in [3.8, 4) is 0 Å². The first-order valence-electron chi connectivity index (χ1n) is 5.59. The molecule has 2 unspecified atom stereocenters. The van der Waals surface area contributed by atoms with Gasteiger partial charge in [0, 0.05) is 12.1 Å². The average Bonchev–Trinajstić information content (AvgIpc) is 2.50. The molecule has 4 atom stereocenters. The largest absolute Gasteiger partial charge is 0.392 e. The van der Waals surface area contributed by atoms with Gasteiger partial charge in [0.1, 0.15) is 0 Å². The van der Waals surface area contributed by atoms with E-state index in [1.54, 1.807) is 0 Å². The molecular formula is C11H23NO. The van der Waals surface area contributed by atoms with Crippen LogP contribution in [-0.2, 0) is 0 Å². The SMILES string of the molecule is CCC(C)C(C)N[C@@H]1CCC[C@H]1O. The van der Waals surface area contributed by atoms with E-state index < -0.39 is 0 Å². The summed E-state index contributed by atoms with van der Waals surface area (Å²) in [5.74, 6) is 0.702. The van der Waals surface area contributed by atoms with Crippen molar-refractivity contribution in [1.82, 2.24) is 5.32 Å². The van der Waals surface area contributed by atoms with Gasteiger partial charge in [-0.15, -0.1) is 0 Å². The maximum atomic E-state index is 9.63. The molecule has 1 saturated carbocycles. The second-order valence-electron chi connectivity index (χ2n) is 4.45. The molecule has 1 rings (SSSR count). The molecule has 2 N–H and O–H groups in total. The van der Waals surface area contributed by atoms with E-state index in [4.69, 9.17) is 0 Å². The molecule has 0 saturated heterocycles. The molecule has 0 aromatic heterocycles. The zero-order valence-corrected chi connectivity index (χ0v) is 9.09. The lowest BCUT2D eigenvalue weighted by molar-refractivity contribution is 0.138. The van der Waals surface area contributed by atoms with Crippen molar-refractivity contribution >= 4 is 0 Å². The second-order valence-corrected chi connectivity index (χ2v) is 4.45. The van der Waals surface area contributed by atoms with E-state index in [0.717, 1.165) is 12.8 Å². The third-order valence-electron chi connectivity index (χ3n) is 3.45. The number of aliphatic hydroxyl groups is 1. The average molecular weight is 185 g/mol. The van der Waals surface area contributed by atoms with Gasteiger partial charge < -0.3 is 10.4 Å². The van der Waals surface area contributed by atoms with Gasteiger partial charge in [-0.3, -0.25) is 0 Å². The van der Waals surface area contributed by atoms with Crippen LogP contribution in [0.3, 0.4) is 0 Å². The highest BCUT2D eigenvalue weighted by atomic mass is 16.3. The van der Waals surface area contributed by atoms with E-state index in [9.17, 15) is 5.11 Å². The van der Waals surface area contributed by atoms with Crippen molar-refractivity contribution in [3.05, 3.63) is 0 Å². The fourth-order valence-corrected chi connectivity index (χ4v) is 1.99. The summed E-state index contributed by atoms with van der Waals surface area (Å²) in [6.07, 6.45) is 4.39. The van der Waals surface area contributed by atoms with Crippen LogP contribution in [0.25, 0.3) is 0 Å². The molecule has 78 valence electrons. The van der Waals surface area contributed by atoms with Crippen LogP contribution < -0.4 is 5.32 Å². The lowest BCUT2D eigenvalue weighted by atomic mass is 9.99. The van der Waals surface area contributed by atoms with Gasteiger partial charge in [0.25, 0.3) is 0 Å². The van der Waals surface area contributed by atoms with Crippen molar-refractivity contribution in [2.75, 3.05) is 0 Å². The van der Waals surface area contributed by atoms with Crippen molar-refractivity contribution in [2.45, 2.75) is 64.6 Å². The Morgan fingerprint density at radius 2 is 2.08 bits per heavy atom. The van der Waals surface area contributed by atoms with Crippen molar-refractivity contribution in [3.63, 3.8) is 0 Å². The van der Waals surface area contributed by atoms with Gasteiger partial charge in [0.15, 0.2) is 0 Å². The smallest absolute Gasteiger partial charge is 0.0693 e. The molecule has 0 aromatic carbocycles. The monoisotopic (exact) mass is 185 g/mol. The minimum atomic E-state index is -0.105. The molecule has 2 heteroatoms. The van der Waals surface area contributed by atoms with E-state index in [1.807, 2.05) is 0 Å². The Bertz CT molecular complexity index is 149. The molecule has 0 heterocycles. The lowest BCUT2D eigenvalue weighted by Gasteiger charge is -2.26. The fourth-order valence-electron chi connectivity index (χ4n) is 1.99. The van der Waals surface area contributed by atoms with Crippen LogP contribution in [0.4, 0.5) is 0 Å².